The molecule has 0 fully saturated rings. The lowest BCUT2D eigenvalue weighted by atomic mass is 9.83. The lowest BCUT2D eigenvalue weighted by molar-refractivity contribution is 0.360. The average molecular weight is 278 g/mol. The largest absolute Gasteiger partial charge is 0.496 e. The van der Waals surface area contributed by atoms with Gasteiger partial charge in [0.1, 0.15) is 5.75 Å². The highest BCUT2D eigenvalue weighted by molar-refractivity contribution is 5.48. The van der Waals surface area contributed by atoms with Crippen molar-refractivity contribution in [2.45, 2.75) is 39.3 Å². The fourth-order valence-electron chi connectivity index (χ4n) is 2.47. The van der Waals surface area contributed by atoms with Crippen molar-refractivity contribution < 1.29 is 4.74 Å². The molecule has 0 unspecified atom stereocenters. The van der Waals surface area contributed by atoms with Crippen molar-refractivity contribution >= 4 is 0 Å². The third kappa shape index (κ3) is 4.50. The van der Waals surface area contributed by atoms with E-state index < -0.39 is 0 Å². The van der Waals surface area contributed by atoms with Gasteiger partial charge in [0.25, 0.3) is 0 Å². The highest BCUT2D eigenvalue weighted by Crippen LogP contribution is 2.36. The van der Waals surface area contributed by atoms with Gasteiger partial charge in [-0.2, -0.15) is 0 Å². The van der Waals surface area contributed by atoms with Gasteiger partial charge in [-0.15, -0.1) is 0 Å². The van der Waals surface area contributed by atoms with E-state index in [1.165, 1.54) is 16.7 Å². The first-order valence-electron chi connectivity index (χ1n) is 7.15. The van der Waals surface area contributed by atoms with Crippen LogP contribution in [0.15, 0.2) is 12.1 Å². The van der Waals surface area contributed by atoms with Crippen molar-refractivity contribution in [3.63, 3.8) is 0 Å². The molecule has 0 bridgehead atoms. The monoisotopic (exact) mass is 278 g/mol. The van der Waals surface area contributed by atoms with E-state index in [0.717, 1.165) is 18.8 Å². The maximum Gasteiger partial charge on any atom is 0.127 e. The van der Waals surface area contributed by atoms with Crippen LogP contribution in [0.3, 0.4) is 0 Å². The second kappa shape index (κ2) is 6.59. The van der Waals surface area contributed by atoms with Crippen LogP contribution in [0.1, 0.15) is 37.5 Å². The smallest absolute Gasteiger partial charge is 0.127 e. The van der Waals surface area contributed by atoms with Crippen LogP contribution < -0.4 is 4.74 Å². The Hall–Kier alpha value is -1.06. The molecule has 20 heavy (non-hydrogen) atoms. The first-order valence-corrected chi connectivity index (χ1v) is 7.15. The van der Waals surface area contributed by atoms with E-state index >= 15 is 0 Å². The number of hydrogen-bond acceptors (Lipinski definition) is 3. The molecule has 0 heterocycles. The Morgan fingerprint density at radius 1 is 0.950 bits per heavy atom. The summed E-state index contributed by atoms with van der Waals surface area (Å²) >= 11 is 0. The van der Waals surface area contributed by atoms with Crippen LogP contribution in [-0.2, 0) is 18.5 Å². The minimum absolute atomic E-state index is 0.0781. The predicted molar refractivity (Wildman–Crippen MR) is 86.5 cm³/mol. The number of methoxy groups -OCH3 is 1. The van der Waals surface area contributed by atoms with E-state index in [0.29, 0.717) is 0 Å². The summed E-state index contributed by atoms with van der Waals surface area (Å²) in [5.41, 5.74) is 3.98. The lowest BCUT2D eigenvalue weighted by Gasteiger charge is -2.26. The molecule has 114 valence electrons. The maximum atomic E-state index is 5.72. The Labute approximate surface area is 124 Å². The summed E-state index contributed by atoms with van der Waals surface area (Å²) in [6.45, 7) is 8.57. The van der Waals surface area contributed by atoms with Gasteiger partial charge in [0.15, 0.2) is 0 Å². The molecule has 0 aliphatic heterocycles. The van der Waals surface area contributed by atoms with E-state index in [4.69, 9.17) is 4.74 Å². The molecule has 1 aromatic rings. The van der Waals surface area contributed by atoms with Crippen LogP contribution in [0.4, 0.5) is 0 Å². The molecule has 3 nitrogen and oxygen atoms in total. The molecule has 1 aromatic carbocycles. The van der Waals surface area contributed by atoms with Crippen molar-refractivity contribution in [3.05, 3.63) is 28.8 Å². The van der Waals surface area contributed by atoms with Crippen molar-refractivity contribution in [1.82, 2.24) is 9.80 Å². The highest BCUT2D eigenvalue weighted by atomic mass is 16.5. The molecular weight excluding hydrogens is 248 g/mol. The summed E-state index contributed by atoms with van der Waals surface area (Å²) in [5, 5.41) is 0. The van der Waals surface area contributed by atoms with Crippen LogP contribution in [0.25, 0.3) is 0 Å². The summed E-state index contributed by atoms with van der Waals surface area (Å²) in [6, 6.07) is 4.56. The summed E-state index contributed by atoms with van der Waals surface area (Å²) in [7, 11) is 10.2. The quantitative estimate of drug-likeness (QED) is 0.823. The summed E-state index contributed by atoms with van der Waals surface area (Å²) < 4.78 is 5.72. The van der Waals surface area contributed by atoms with E-state index in [1.807, 2.05) is 0 Å². The zero-order chi connectivity index (χ0) is 15.5. The first kappa shape index (κ1) is 17.0. The van der Waals surface area contributed by atoms with Crippen molar-refractivity contribution in [3.8, 4) is 5.75 Å². The van der Waals surface area contributed by atoms with Crippen LogP contribution in [0, 0.1) is 0 Å². The summed E-state index contributed by atoms with van der Waals surface area (Å²) in [5.74, 6) is 1.04. The minimum Gasteiger partial charge on any atom is -0.496 e. The zero-order valence-electron chi connectivity index (χ0n) is 14.4. The number of benzene rings is 1. The Bertz CT molecular complexity index is 445. The Balaban J connectivity index is 3.39. The van der Waals surface area contributed by atoms with Gasteiger partial charge in [-0.25, -0.2) is 0 Å². The molecule has 3 heteroatoms. The molecule has 0 spiro atoms. The van der Waals surface area contributed by atoms with Crippen LogP contribution >= 0.6 is 0 Å². The van der Waals surface area contributed by atoms with Gasteiger partial charge in [0.05, 0.1) is 7.11 Å². The second-order valence-electron chi connectivity index (χ2n) is 7.06. The molecule has 0 amide bonds. The van der Waals surface area contributed by atoms with E-state index in [-0.39, 0.29) is 5.41 Å². The third-order valence-electron chi connectivity index (χ3n) is 3.22. The number of ether oxygens (including phenoxy) is 1. The van der Waals surface area contributed by atoms with Gasteiger partial charge in [-0.1, -0.05) is 26.8 Å². The van der Waals surface area contributed by atoms with Gasteiger partial charge in [-0.3, -0.25) is 0 Å². The summed E-state index contributed by atoms with van der Waals surface area (Å²) in [4.78, 5) is 4.39. The Kier molecular flexibility index (Phi) is 5.60. The number of nitrogens with zero attached hydrogens (tertiary/aromatic N) is 2. The molecule has 0 N–H and O–H groups in total. The highest BCUT2D eigenvalue weighted by Gasteiger charge is 2.22. The lowest BCUT2D eigenvalue weighted by Crippen LogP contribution is -2.19. The van der Waals surface area contributed by atoms with Crippen molar-refractivity contribution in [2.75, 3.05) is 35.3 Å². The maximum absolute atomic E-state index is 5.72. The molecule has 0 saturated heterocycles. The molecule has 0 aromatic heterocycles. The van der Waals surface area contributed by atoms with E-state index in [2.05, 4.69) is 70.9 Å². The average Bonchev–Trinajstić information content (AvgIpc) is 2.25. The minimum atomic E-state index is 0.0781. The fourth-order valence-corrected chi connectivity index (χ4v) is 2.47. The third-order valence-corrected chi connectivity index (χ3v) is 3.22. The first-order chi connectivity index (χ1) is 9.15. The SMILES string of the molecule is COc1c(CN(C)C)cc(CN(C)C)cc1C(C)(C)C. The van der Waals surface area contributed by atoms with Crippen LogP contribution in [-0.4, -0.2) is 45.1 Å². The fraction of sp³-hybridized carbons (Fsp3) is 0.647. The van der Waals surface area contributed by atoms with Gasteiger partial charge < -0.3 is 14.5 Å². The van der Waals surface area contributed by atoms with Gasteiger partial charge in [-0.05, 0) is 45.2 Å². The predicted octanol–water partition coefficient (Wildman–Crippen LogP) is 3.12. The van der Waals surface area contributed by atoms with E-state index in [1.54, 1.807) is 7.11 Å². The molecular formula is C17H30N2O. The van der Waals surface area contributed by atoms with Gasteiger partial charge >= 0.3 is 0 Å². The van der Waals surface area contributed by atoms with E-state index in [9.17, 15) is 0 Å². The molecule has 0 atom stereocenters. The Morgan fingerprint density at radius 2 is 1.50 bits per heavy atom. The number of rotatable bonds is 5. The Morgan fingerprint density at radius 3 is 1.90 bits per heavy atom. The second-order valence-corrected chi connectivity index (χ2v) is 7.06. The van der Waals surface area contributed by atoms with Gasteiger partial charge in [0.2, 0.25) is 0 Å². The normalized spacial score (nSPS) is 12.3. The summed E-state index contributed by atoms with van der Waals surface area (Å²) in [6.07, 6.45) is 0. The van der Waals surface area contributed by atoms with Crippen LogP contribution in [0.2, 0.25) is 0 Å². The topological polar surface area (TPSA) is 15.7 Å². The van der Waals surface area contributed by atoms with Crippen LogP contribution in [0.5, 0.6) is 5.75 Å². The number of hydrogen-bond donors (Lipinski definition) is 0. The molecule has 0 aliphatic rings. The molecule has 0 aliphatic carbocycles. The molecule has 0 radical (unpaired) electrons. The molecule has 1 rings (SSSR count). The van der Waals surface area contributed by atoms with Crippen molar-refractivity contribution in [2.24, 2.45) is 0 Å². The van der Waals surface area contributed by atoms with Crippen molar-refractivity contribution in [1.29, 1.82) is 0 Å². The molecule has 0 saturated carbocycles. The zero-order valence-corrected chi connectivity index (χ0v) is 14.4. The van der Waals surface area contributed by atoms with Gasteiger partial charge in [0, 0.05) is 24.2 Å². The standard InChI is InChI=1S/C17H30N2O/c1-17(2,3)15-10-13(11-18(4)5)9-14(12-19(6)7)16(15)20-8/h9-10H,11-12H2,1-8H3.